The van der Waals surface area contributed by atoms with Gasteiger partial charge in [-0.3, -0.25) is 0 Å². The zero-order valence-electron chi connectivity index (χ0n) is 22.4. The minimum absolute atomic E-state index is 0.0723. The maximum absolute atomic E-state index is 12.3. The van der Waals surface area contributed by atoms with Gasteiger partial charge >= 0.3 is 250 Å². The number of rotatable bonds is 2. The molecule has 0 aliphatic carbocycles. The van der Waals surface area contributed by atoms with E-state index in [4.69, 9.17) is 38.7 Å². The zero-order chi connectivity index (χ0) is 31.8. The Morgan fingerprint density at radius 2 is 1.91 bits per heavy atom. The van der Waals surface area contributed by atoms with Gasteiger partial charge in [0, 0.05) is 0 Å². The van der Waals surface area contributed by atoms with E-state index in [1.165, 1.54) is 4.90 Å². The van der Waals surface area contributed by atoms with Crippen LogP contribution in [-0.4, -0.2) is 74.9 Å². The number of aromatic hydroxyl groups is 1. The van der Waals surface area contributed by atoms with Gasteiger partial charge in [-0.2, -0.15) is 0 Å². The van der Waals surface area contributed by atoms with E-state index in [0.717, 1.165) is 10.9 Å². The SMILES string of the molecule is NC1=C2NCN(c3oc4c(c3O)O[PH](O)(O)O/C=C3/OC(n5cnc6c(=O)[nH]c(N)nc65)=C(O[PH](O)(O)OC4)[C@@H]3O)C2NCN1. The number of hydrogen-bond donors (Lipinski definition) is 12. The Bertz CT molecular complexity index is 1870. The number of nitrogen functional groups attached to an aromatic ring is 1. The van der Waals surface area contributed by atoms with Crippen molar-refractivity contribution in [1.29, 1.82) is 0 Å². The van der Waals surface area contributed by atoms with Crippen molar-refractivity contribution in [2.75, 3.05) is 24.0 Å². The van der Waals surface area contributed by atoms with E-state index in [9.17, 15) is 34.6 Å². The predicted molar refractivity (Wildman–Crippen MR) is 151 cm³/mol. The second kappa shape index (κ2) is 10.2. The Hall–Kier alpha value is -4.57. The first-order valence-electron chi connectivity index (χ1n) is 12.8. The van der Waals surface area contributed by atoms with Gasteiger partial charge in [0.2, 0.25) is 0 Å². The summed E-state index contributed by atoms with van der Waals surface area (Å²) in [6.07, 6.45) is -0.947. The Labute approximate surface area is 249 Å². The Morgan fingerprint density at radius 3 is 2.71 bits per heavy atom. The number of anilines is 2. The number of H-pyrrole nitrogens is 1. The summed E-state index contributed by atoms with van der Waals surface area (Å²) in [5.41, 5.74) is 11.1. The molecule has 4 aliphatic rings. The third kappa shape index (κ3) is 4.97. The van der Waals surface area contributed by atoms with Gasteiger partial charge in [0.05, 0.1) is 0 Å². The zero-order valence-corrected chi connectivity index (χ0v) is 24.4. The average molecular weight is 676 g/mol. The number of aromatic nitrogens is 4. The first-order chi connectivity index (χ1) is 21.3. The number of fused-ring (bicyclic) bond motifs is 5. The third-order valence-electron chi connectivity index (χ3n) is 6.83. The number of aromatic amines is 1. The molecule has 0 radical (unpaired) electrons. The molecule has 7 heterocycles. The molecule has 2 atom stereocenters. The summed E-state index contributed by atoms with van der Waals surface area (Å²) in [4.78, 5) is 66.8. The van der Waals surface area contributed by atoms with Gasteiger partial charge in [0.1, 0.15) is 0 Å². The third-order valence-corrected chi connectivity index (χ3v) is 8.73. The van der Waals surface area contributed by atoms with Crippen LogP contribution in [0, 0.1) is 0 Å². The van der Waals surface area contributed by atoms with Gasteiger partial charge in [-0.05, 0) is 0 Å². The van der Waals surface area contributed by atoms with Crippen molar-refractivity contribution in [3.05, 3.63) is 51.7 Å². The summed E-state index contributed by atoms with van der Waals surface area (Å²) in [5, 5.41) is 31.0. The van der Waals surface area contributed by atoms with Crippen LogP contribution in [0.3, 0.4) is 0 Å². The summed E-state index contributed by atoms with van der Waals surface area (Å²) >= 11 is 0. The fourth-order valence-corrected chi connectivity index (χ4v) is 6.51. The van der Waals surface area contributed by atoms with E-state index in [-0.39, 0.29) is 36.3 Å². The Morgan fingerprint density at radius 1 is 1.11 bits per heavy atom. The molecule has 3 aromatic heterocycles. The molecule has 0 spiro atoms. The molecule has 1 fully saturated rings. The molecule has 45 heavy (non-hydrogen) atoms. The van der Waals surface area contributed by atoms with E-state index >= 15 is 0 Å². The summed E-state index contributed by atoms with van der Waals surface area (Å²) in [6.45, 7) is -0.533. The molecule has 14 N–H and O–H groups in total. The number of nitrogens with zero attached hydrogens (tertiary/aromatic N) is 4. The van der Waals surface area contributed by atoms with Gasteiger partial charge in [0.15, 0.2) is 0 Å². The summed E-state index contributed by atoms with van der Waals surface area (Å²) in [7, 11) is -10.6. The second-order valence-electron chi connectivity index (χ2n) is 9.74. The number of aliphatic hydroxyl groups is 1. The number of aliphatic hydroxyl groups excluding tert-OH is 1. The van der Waals surface area contributed by atoms with Crippen molar-refractivity contribution in [3.63, 3.8) is 0 Å². The molecule has 7 rings (SSSR count). The molecule has 2 bridgehead atoms. The van der Waals surface area contributed by atoms with Crippen molar-refractivity contribution < 1.29 is 57.0 Å². The van der Waals surface area contributed by atoms with Crippen LogP contribution in [0.4, 0.5) is 11.8 Å². The molecular formula is C20H26N10O13P2. The van der Waals surface area contributed by atoms with E-state index in [0.29, 0.717) is 17.8 Å². The van der Waals surface area contributed by atoms with Gasteiger partial charge in [-0.15, -0.1) is 0 Å². The van der Waals surface area contributed by atoms with Crippen LogP contribution in [0.1, 0.15) is 5.76 Å². The van der Waals surface area contributed by atoms with E-state index in [2.05, 4.69) is 30.9 Å². The fraction of sp³-hybridized carbons (Fsp3) is 0.250. The van der Waals surface area contributed by atoms with Crippen molar-refractivity contribution in [2.45, 2.75) is 18.9 Å². The standard InChI is InChI=1S/C20H26N10O13P2/c21-14-8-15(24-3-23-14)29(4-25-8)18-11(32)12-7(41-18)2-39-45(36,37)43-13-10(31)6(1-38-44(34,35)42-12)40-19(13)30-5-26-9-16(30)27-20(22)28-17(9)33/h1,5,10,15,23-25,31-32,34-37,44-45H,2-4,21H2,(H3,22,27,28,33)/b6-1+/t10-,15?/m1/s1. The topological polar surface area (TPSA) is 336 Å². The molecule has 3 aromatic rings. The number of hydrogen-bond acceptors (Lipinski definition) is 21. The Kier molecular flexibility index (Phi) is 6.63. The quantitative estimate of drug-likeness (QED) is 0.119. The second-order valence-corrected chi connectivity index (χ2v) is 12.9. The molecule has 1 saturated heterocycles. The number of furan rings is 1. The van der Waals surface area contributed by atoms with Crippen LogP contribution < -0.4 is 42.4 Å². The first kappa shape index (κ1) is 29.2. The van der Waals surface area contributed by atoms with Gasteiger partial charge in [0.25, 0.3) is 0 Å². The summed E-state index contributed by atoms with van der Waals surface area (Å²) < 4.78 is 33.1. The van der Waals surface area contributed by atoms with Gasteiger partial charge in [-0.25, -0.2) is 0 Å². The normalized spacial score (nSPS) is 26.6. The van der Waals surface area contributed by atoms with Crippen LogP contribution in [-0.2, 0) is 24.9 Å². The van der Waals surface area contributed by atoms with Crippen LogP contribution in [0.25, 0.3) is 17.0 Å². The molecule has 0 aromatic carbocycles. The van der Waals surface area contributed by atoms with Crippen LogP contribution in [0.2, 0.25) is 0 Å². The Balaban J connectivity index is 1.28. The number of nitrogens with one attached hydrogen (secondary N) is 4. The number of ether oxygens (including phenoxy) is 1. The number of imidazole rings is 1. The van der Waals surface area contributed by atoms with E-state index in [1.807, 2.05) is 0 Å². The molecule has 0 amide bonds. The summed E-state index contributed by atoms with van der Waals surface area (Å²) in [5.74, 6) is -3.74. The molecule has 0 saturated carbocycles. The molecule has 4 aliphatic heterocycles. The first-order valence-corrected chi connectivity index (χ1v) is 16.2. The number of nitrogens with two attached hydrogens (primary N) is 2. The molecule has 23 nitrogen and oxygen atoms in total. The van der Waals surface area contributed by atoms with Gasteiger partial charge in [-0.1, -0.05) is 0 Å². The van der Waals surface area contributed by atoms with Gasteiger partial charge < -0.3 is 0 Å². The summed E-state index contributed by atoms with van der Waals surface area (Å²) in [6, 6.07) is 0. The fourth-order valence-electron chi connectivity index (χ4n) is 4.85. The van der Waals surface area contributed by atoms with E-state index in [1.54, 1.807) is 0 Å². The van der Waals surface area contributed by atoms with Crippen LogP contribution in [0.5, 0.6) is 11.5 Å². The molecular weight excluding hydrogens is 650 g/mol. The molecule has 25 heteroatoms. The molecule has 244 valence electrons. The molecule has 1 unspecified atom stereocenters. The monoisotopic (exact) mass is 676 g/mol. The van der Waals surface area contributed by atoms with Crippen LogP contribution in [0.15, 0.2) is 44.8 Å². The minimum atomic E-state index is -5.30. The van der Waals surface area contributed by atoms with Crippen molar-refractivity contribution in [3.8, 4) is 11.5 Å². The maximum atomic E-state index is 12.3. The predicted octanol–water partition coefficient (Wildman–Crippen LogP) is -3.24. The van der Waals surface area contributed by atoms with Crippen molar-refractivity contribution in [1.82, 2.24) is 35.5 Å². The average Bonchev–Trinajstić information content (AvgIpc) is 3.72. The van der Waals surface area contributed by atoms with Crippen molar-refractivity contribution in [2.24, 2.45) is 5.73 Å². The van der Waals surface area contributed by atoms with Crippen LogP contribution >= 0.6 is 16.3 Å². The van der Waals surface area contributed by atoms with E-state index < -0.39 is 75.4 Å². The van der Waals surface area contributed by atoms with Crippen molar-refractivity contribution >= 4 is 45.2 Å².